The Morgan fingerprint density at radius 1 is 1.41 bits per heavy atom. The number of ether oxygens (including phenoxy) is 3. The van der Waals surface area contributed by atoms with Crippen LogP contribution in [0.1, 0.15) is 34.1 Å². The van der Waals surface area contributed by atoms with Gasteiger partial charge in [0.05, 0.1) is 13.2 Å². The molecule has 2 unspecified atom stereocenters. The summed E-state index contributed by atoms with van der Waals surface area (Å²) >= 11 is 0. The van der Waals surface area contributed by atoms with Crippen LogP contribution in [0.5, 0.6) is 0 Å². The van der Waals surface area contributed by atoms with Crippen molar-refractivity contribution >= 4 is 6.09 Å². The van der Waals surface area contributed by atoms with E-state index < -0.39 is 5.60 Å². The molecule has 130 valence electrons. The molecule has 0 bridgehead atoms. The Hall–Kier alpha value is -0.850. The van der Waals surface area contributed by atoms with Gasteiger partial charge in [0.2, 0.25) is 0 Å². The average Bonchev–Trinajstić information content (AvgIpc) is 2.94. The zero-order valence-corrected chi connectivity index (χ0v) is 14.7. The summed E-state index contributed by atoms with van der Waals surface area (Å²) in [6.07, 6.45) is 0.816. The lowest BCUT2D eigenvalue weighted by Crippen LogP contribution is -2.44. The Balaban J connectivity index is 2.38. The third-order valence-corrected chi connectivity index (χ3v) is 3.74. The first kappa shape index (κ1) is 19.2. The van der Waals surface area contributed by atoms with Gasteiger partial charge < -0.3 is 24.4 Å². The summed E-state index contributed by atoms with van der Waals surface area (Å²) in [5.74, 6) is 0.564. The predicted molar refractivity (Wildman–Crippen MR) is 86.1 cm³/mol. The van der Waals surface area contributed by atoms with E-state index in [2.05, 4.69) is 12.2 Å². The van der Waals surface area contributed by atoms with E-state index in [1.165, 1.54) is 0 Å². The lowest BCUT2D eigenvalue weighted by atomic mass is 10.0. The van der Waals surface area contributed by atoms with Crippen molar-refractivity contribution in [1.29, 1.82) is 0 Å². The summed E-state index contributed by atoms with van der Waals surface area (Å²) in [6, 6.07) is 0.394. The molecule has 0 aromatic heterocycles. The van der Waals surface area contributed by atoms with Crippen molar-refractivity contribution in [3.05, 3.63) is 0 Å². The molecule has 1 aliphatic rings. The van der Waals surface area contributed by atoms with Gasteiger partial charge in [-0.3, -0.25) is 0 Å². The topological polar surface area (TPSA) is 60.0 Å². The van der Waals surface area contributed by atoms with E-state index in [-0.39, 0.29) is 6.09 Å². The summed E-state index contributed by atoms with van der Waals surface area (Å²) in [5.41, 5.74) is -0.482. The number of amides is 1. The van der Waals surface area contributed by atoms with Gasteiger partial charge in [0.1, 0.15) is 5.60 Å². The van der Waals surface area contributed by atoms with Gasteiger partial charge in [-0.1, -0.05) is 0 Å². The van der Waals surface area contributed by atoms with Crippen LogP contribution in [0.4, 0.5) is 4.79 Å². The SMILES string of the molecule is COCCN(CCNC(C)C1CCOC1)C(=O)OC(C)(C)C. The Morgan fingerprint density at radius 2 is 2.14 bits per heavy atom. The van der Waals surface area contributed by atoms with Crippen molar-refractivity contribution in [3.63, 3.8) is 0 Å². The first-order valence-electron chi connectivity index (χ1n) is 8.11. The highest BCUT2D eigenvalue weighted by Gasteiger charge is 2.24. The van der Waals surface area contributed by atoms with Crippen molar-refractivity contribution in [2.45, 2.75) is 45.8 Å². The summed E-state index contributed by atoms with van der Waals surface area (Å²) in [5, 5.41) is 3.48. The van der Waals surface area contributed by atoms with Crippen LogP contribution in [0.3, 0.4) is 0 Å². The fourth-order valence-electron chi connectivity index (χ4n) is 2.36. The molecule has 0 aliphatic carbocycles. The number of methoxy groups -OCH3 is 1. The second kappa shape index (κ2) is 9.33. The predicted octanol–water partition coefficient (Wildman–Crippen LogP) is 1.88. The third kappa shape index (κ3) is 7.42. The zero-order valence-electron chi connectivity index (χ0n) is 14.7. The van der Waals surface area contributed by atoms with Crippen LogP contribution >= 0.6 is 0 Å². The monoisotopic (exact) mass is 316 g/mol. The molecule has 6 heteroatoms. The van der Waals surface area contributed by atoms with Crippen LogP contribution in [0, 0.1) is 5.92 Å². The molecular weight excluding hydrogens is 284 g/mol. The number of hydrogen-bond acceptors (Lipinski definition) is 5. The minimum Gasteiger partial charge on any atom is -0.444 e. The van der Waals surface area contributed by atoms with Gasteiger partial charge in [-0.05, 0) is 40.0 Å². The number of carbonyl (C=O) groups is 1. The summed E-state index contributed by atoms with van der Waals surface area (Å²) in [4.78, 5) is 13.9. The number of carbonyl (C=O) groups excluding carboxylic acids is 1. The smallest absolute Gasteiger partial charge is 0.410 e. The molecule has 0 saturated carbocycles. The first-order valence-corrected chi connectivity index (χ1v) is 8.11. The van der Waals surface area contributed by atoms with Crippen LogP contribution in [0.25, 0.3) is 0 Å². The molecule has 1 fully saturated rings. The molecule has 2 atom stereocenters. The summed E-state index contributed by atoms with van der Waals surface area (Å²) < 4.78 is 15.9. The van der Waals surface area contributed by atoms with Crippen molar-refractivity contribution in [2.24, 2.45) is 5.92 Å². The summed E-state index contributed by atoms with van der Waals surface area (Å²) in [7, 11) is 1.63. The molecule has 0 aromatic carbocycles. The first-order chi connectivity index (χ1) is 10.3. The molecule has 1 N–H and O–H groups in total. The molecule has 6 nitrogen and oxygen atoms in total. The molecule has 0 radical (unpaired) electrons. The summed E-state index contributed by atoms with van der Waals surface area (Å²) in [6.45, 7) is 11.9. The normalized spacial score (nSPS) is 20.0. The van der Waals surface area contributed by atoms with Crippen LogP contribution < -0.4 is 5.32 Å². The van der Waals surface area contributed by atoms with Crippen molar-refractivity contribution in [2.75, 3.05) is 46.6 Å². The molecular formula is C16H32N2O4. The molecule has 1 amide bonds. The van der Waals surface area contributed by atoms with Gasteiger partial charge in [-0.2, -0.15) is 0 Å². The van der Waals surface area contributed by atoms with Crippen LogP contribution in [0.2, 0.25) is 0 Å². The molecule has 1 rings (SSSR count). The fraction of sp³-hybridized carbons (Fsp3) is 0.938. The highest BCUT2D eigenvalue weighted by molar-refractivity contribution is 5.68. The Labute approximate surface area is 134 Å². The Kier molecular flexibility index (Phi) is 8.14. The van der Waals surface area contributed by atoms with E-state index in [0.29, 0.717) is 31.7 Å². The number of hydrogen-bond donors (Lipinski definition) is 1. The van der Waals surface area contributed by atoms with E-state index >= 15 is 0 Å². The van der Waals surface area contributed by atoms with Crippen molar-refractivity contribution in [1.82, 2.24) is 10.2 Å². The van der Waals surface area contributed by atoms with E-state index in [4.69, 9.17) is 14.2 Å². The lowest BCUT2D eigenvalue weighted by Gasteiger charge is -2.28. The van der Waals surface area contributed by atoms with E-state index in [1.807, 2.05) is 20.8 Å². The largest absolute Gasteiger partial charge is 0.444 e. The Morgan fingerprint density at radius 3 is 2.68 bits per heavy atom. The van der Waals surface area contributed by atoms with Gasteiger partial charge in [0.25, 0.3) is 0 Å². The molecule has 1 heterocycles. The van der Waals surface area contributed by atoms with Crippen LogP contribution in [0.15, 0.2) is 0 Å². The highest BCUT2D eigenvalue weighted by atomic mass is 16.6. The number of nitrogens with one attached hydrogen (secondary N) is 1. The van der Waals surface area contributed by atoms with E-state index in [1.54, 1.807) is 12.0 Å². The van der Waals surface area contributed by atoms with Crippen LogP contribution in [-0.2, 0) is 14.2 Å². The minimum absolute atomic E-state index is 0.289. The van der Waals surface area contributed by atoms with Gasteiger partial charge >= 0.3 is 6.09 Å². The quantitative estimate of drug-likeness (QED) is 0.741. The maximum Gasteiger partial charge on any atom is 0.410 e. The second-order valence-electron chi connectivity index (χ2n) is 6.83. The number of rotatable bonds is 8. The maximum absolute atomic E-state index is 12.2. The van der Waals surface area contributed by atoms with Crippen molar-refractivity contribution < 1.29 is 19.0 Å². The fourth-order valence-corrected chi connectivity index (χ4v) is 2.36. The standard InChI is InChI=1S/C16H32N2O4/c1-13(14-6-10-21-12-14)17-7-8-18(9-11-20-5)15(19)22-16(2,3)4/h13-14,17H,6-12H2,1-5H3. The average molecular weight is 316 g/mol. The van der Waals surface area contributed by atoms with Gasteiger partial charge in [-0.15, -0.1) is 0 Å². The minimum atomic E-state index is -0.482. The Bertz CT molecular complexity index is 325. The van der Waals surface area contributed by atoms with Gasteiger partial charge in [-0.25, -0.2) is 4.79 Å². The van der Waals surface area contributed by atoms with E-state index in [9.17, 15) is 4.79 Å². The van der Waals surface area contributed by atoms with Gasteiger partial charge in [0, 0.05) is 39.4 Å². The number of nitrogens with zero attached hydrogens (tertiary/aromatic N) is 1. The van der Waals surface area contributed by atoms with Gasteiger partial charge in [0.15, 0.2) is 0 Å². The lowest BCUT2D eigenvalue weighted by molar-refractivity contribution is 0.0202. The van der Waals surface area contributed by atoms with Crippen LogP contribution in [-0.4, -0.2) is 69.2 Å². The molecule has 22 heavy (non-hydrogen) atoms. The zero-order chi connectivity index (χ0) is 16.6. The van der Waals surface area contributed by atoms with Crippen molar-refractivity contribution in [3.8, 4) is 0 Å². The maximum atomic E-state index is 12.2. The molecule has 0 spiro atoms. The second-order valence-corrected chi connectivity index (χ2v) is 6.83. The molecule has 1 saturated heterocycles. The van der Waals surface area contributed by atoms with E-state index in [0.717, 1.165) is 26.2 Å². The molecule has 1 aliphatic heterocycles. The third-order valence-electron chi connectivity index (χ3n) is 3.74. The highest BCUT2D eigenvalue weighted by Crippen LogP contribution is 2.16. The molecule has 0 aromatic rings.